The van der Waals surface area contributed by atoms with Gasteiger partial charge in [0, 0.05) is 44.7 Å². The highest BCUT2D eigenvalue weighted by atomic mass is 16.5. The van der Waals surface area contributed by atoms with Crippen molar-refractivity contribution in [1.29, 1.82) is 0 Å². The van der Waals surface area contributed by atoms with Crippen LogP contribution in [0.1, 0.15) is 43.9 Å². The molecule has 0 bridgehead atoms. The van der Waals surface area contributed by atoms with Crippen LogP contribution in [0.5, 0.6) is 5.75 Å². The Labute approximate surface area is 186 Å². The average Bonchev–Trinajstić information content (AvgIpc) is 3.08. The minimum atomic E-state index is -0.303. The minimum absolute atomic E-state index is 0.0323. The van der Waals surface area contributed by atoms with Gasteiger partial charge in [-0.05, 0) is 36.8 Å². The summed E-state index contributed by atoms with van der Waals surface area (Å²) >= 11 is 0. The number of nitrogens with zero attached hydrogens (tertiary/aromatic N) is 3. The number of rotatable bonds is 6. The van der Waals surface area contributed by atoms with E-state index in [1.54, 1.807) is 65.4 Å². The second-order valence-corrected chi connectivity index (χ2v) is 7.82. The molecule has 0 saturated carbocycles. The molecule has 2 heterocycles. The first kappa shape index (κ1) is 21.5. The standard InChI is InChI=1S/C24H25N3O5/c1-32-18-7-4-6-17(16-18)22(29)26-14-12-25(13-15-26)21(28)10-5-11-27-23(30)19-8-2-3-9-20(19)24(27)31/h2-4,6-9,16H,5,10-15H2,1H3. The van der Waals surface area contributed by atoms with Crippen molar-refractivity contribution < 1.29 is 23.9 Å². The SMILES string of the molecule is COc1cccc(C(=O)N2CCN(C(=O)CCCN3C(=O)c4ccccc4C3=O)CC2)c1. The lowest BCUT2D eigenvalue weighted by atomic mass is 10.1. The van der Waals surface area contributed by atoms with Crippen LogP contribution in [-0.4, -0.2) is 78.2 Å². The van der Waals surface area contributed by atoms with Crippen LogP contribution in [0, 0.1) is 0 Å². The van der Waals surface area contributed by atoms with Crippen LogP contribution in [-0.2, 0) is 4.79 Å². The first-order valence-electron chi connectivity index (χ1n) is 10.7. The van der Waals surface area contributed by atoms with Crippen LogP contribution in [0.2, 0.25) is 0 Å². The fraction of sp³-hybridized carbons (Fsp3) is 0.333. The molecule has 2 aromatic rings. The second-order valence-electron chi connectivity index (χ2n) is 7.82. The lowest BCUT2D eigenvalue weighted by Gasteiger charge is -2.35. The zero-order valence-electron chi connectivity index (χ0n) is 18.0. The van der Waals surface area contributed by atoms with E-state index in [9.17, 15) is 19.2 Å². The number of carbonyl (C=O) groups excluding carboxylic acids is 4. The number of ether oxygens (including phenoxy) is 1. The van der Waals surface area contributed by atoms with Gasteiger partial charge in [-0.2, -0.15) is 0 Å². The van der Waals surface area contributed by atoms with E-state index in [1.807, 2.05) is 0 Å². The van der Waals surface area contributed by atoms with E-state index >= 15 is 0 Å². The average molecular weight is 435 g/mol. The van der Waals surface area contributed by atoms with E-state index in [0.717, 1.165) is 0 Å². The Morgan fingerprint density at radius 2 is 1.50 bits per heavy atom. The Morgan fingerprint density at radius 1 is 0.875 bits per heavy atom. The number of hydrogen-bond acceptors (Lipinski definition) is 5. The Morgan fingerprint density at radius 3 is 2.12 bits per heavy atom. The number of fused-ring (bicyclic) bond motifs is 1. The van der Waals surface area contributed by atoms with Gasteiger partial charge in [0.2, 0.25) is 5.91 Å². The van der Waals surface area contributed by atoms with Crippen molar-refractivity contribution in [2.45, 2.75) is 12.8 Å². The van der Waals surface area contributed by atoms with Gasteiger partial charge in [0.05, 0.1) is 18.2 Å². The van der Waals surface area contributed by atoms with Crippen molar-refractivity contribution in [3.05, 3.63) is 65.2 Å². The molecule has 166 valence electrons. The van der Waals surface area contributed by atoms with Crippen LogP contribution in [0.25, 0.3) is 0 Å². The van der Waals surface area contributed by atoms with Gasteiger partial charge in [0.25, 0.3) is 17.7 Å². The molecule has 8 heteroatoms. The summed E-state index contributed by atoms with van der Waals surface area (Å²) in [6.07, 6.45) is 0.657. The third-order valence-corrected chi connectivity index (χ3v) is 5.89. The highest BCUT2D eigenvalue weighted by Gasteiger charge is 2.34. The number of imide groups is 1. The molecule has 0 atom stereocenters. The van der Waals surface area contributed by atoms with Crippen molar-refractivity contribution in [1.82, 2.24) is 14.7 Å². The maximum Gasteiger partial charge on any atom is 0.261 e. The van der Waals surface area contributed by atoms with Gasteiger partial charge in [-0.25, -0.2) is 0 Å². The molecule has 2 aliphatic heterocycles. The third kappa shape index (κ3) is 4.21. The first-order chi connectivity index (χ1) is 15.5. The minimum Gasteiger partial charge on any atom is -0.497 e. The van der Waals surface area contributed by atoms with Gasteiger partial charge in [0.15, 0.2) is 0 Å². The van der Waals surface area contributed by atoms with E-state index in [1.165, 1.54) is 4.90 Å². The van der Waals surface area contributed by atoms with Crippen molar-refractivity contribution in [2.75, 3.05) is 39.8 Å². The number of hydrogen-bond donors (Lipinski definition) is 0. The van der Waals surface area contributed by atoms with Gasteiger partial charge in [-0.1, -0.05) is 18.2 Å². The zero-order valence-corrected chi connectivity index (χ0v) is 18.0. The number of piperazine rings is 1. The number of amides is 4. The summed E-state index contributed by atoms with van der Waals surface area (Å²) in [6.45, 7) is 2.05. The number of carbonyl (C=O) groups is 4. The highest BCUT2D eigenvalue weighted by molar-refractivity contribution is 6.21. The summed E-state index contributed by atoms with van der Waals surface area (Å²) in [5.41, 5.74) is 1.39. The third-order valence-electron chi connectivity index (χ3n) is 5.89. The van der Waals surface area contributed by atoms with Gasteiger partial charge in [-0.15, -0.1) is 0 Å². The van der Waals surface area contributed by atoms with Gasteiger partial charge < -0.3 is 14.5 Å². The van der Waals surface area contributed by atoms with Crippen molar-refractivity contribution in [3.63, 3.8) is 0 Å². The van der Waals surface area contributed by atoms with Crippen molar-refractivity contribution in [2.24, 2.45) is 0 Å². The summed E-state index contributed by atoms with van der Waals surface area (Å²) in [5, 5.41) is 0. The molecule has 0 unspecified atom stereocenters. The molecule has 0 aliphatic carbocycles. The predicted octanol–water partition coefficient (Wildman–Crippen LogP) is 2.06. The van der Waals surface area contributed by atoms with Crippen LogP contribution in [0.15, 0.2) is 48.5 Å². The van der Waals surface area contributed by atoms with Gasteiger partial charge in [-0.3, -0.25) is 24.1 Å². The number of benzene rings is 2. The van der Waals surface area contributed by atoms with Crippen molar-refractivity contribution in [3.8, 4) is 5.75 Å². The topological polar surface area (TPSA) is 87.2 Å². The lowest BCUT2D eigenvalue weighted by molar-refractivity contribution is -0.132. The smallest absolute Gasteiger partial charge is 0.261 e. The first-order valence-corrected chi connectivity index (χ1v) is 10.7. The summed E-state index contributed by atoms with van der Waals surface area (Å²) in [6, 6.07) is 13.8. The molecule has 0 radical (unpaired) electrons. The van der Waals surface area contributed by atoms with Crippen LogP contribution in [0.3, 0.4) is 0 Å². The summed E-state index contributed by atoms with van der Waals surface area (Å²) < 4.78 is 5.18. The maximum atomic E-state index is 12.7. The summed E-state index contributed by atoms with van der Waals surface area (Å²) in [4.78, 5) is 54.8. The molecule has 0 aromatic heterocycles. The molecule has 2 aliphatic rings. The van der Waals surface area contributed by atoms with Crippen LogP contribution < -0.4 is 4.74 Å². The molecule has 32 heavy (non-hydrogen) atoms. The Bertz CT molecular complexity index is 1020. The molecule has 1 fully saturated rings. The number of methoxy groups -OCH3 is 1. The molecule has 2 aromatic carbocycles. The quantitative estimate of drug-likeness (QED) is 0.649. The fourth-order valence-corrected chi connectivity index (χ4v) is 4.09. The van der Waals surface area contributed by atoms with Crippen molar-refractivity contribution >= 4 is 23.6 Å². The Hall–Kier alpha value is -3.68. The lowest BCUT2D eigenvalue weighted by Crippen LogP contribution is -2.50. The second kappa shape index (κ2) is 9.21. The normalized spacial score (nSPS) is 15.7. The van der Waals surface area contributed by atoms with E-state index in [4.69, 9.17) is 4.74 Å². The zero-order chi connectivity index (χ0) is 22.7. The van der Waals surface area contributed by atoms with E-state index in [2.05, 4.69) is 0 Å². The Kier molecular flexibility index (Phi) is 6.20. The molecular weight excluding hydrogens is 410 g/mol. The fourth-order valence-electron chi connectivity index (χ4n) is 4.09. The van der Waals surface area contributed by atoms with Gasteiger partial charge in [0.1, 0.15) is 5.75 Å². The summed E-state index contributed by atoms with van der Waals surface area (Å²) in [7, 11) is 1.56. The molecule has 4 amide bonds. The van der Waals surface area contributed by atoms with Gasteiger partial charge >= 0.3 is 0 Å². The van der Waals surface area contributed by atoms with Crippen LogP contribution in [0.4, 0.5) is 0 Å². The maximum absolute atomic E-state index is 12.7. The molecule has 0 spiro atoms. The molecule has 1 saturated heterocycles. The van der Waals surface area contributed by atoms with E-state index < -0.39 is 0 Å². The molecule has 4 rings (SSSR count). The molecule has 8 nitrogen and oxygen atoms in total. The Balaban J connectivity index is 1.24. The largest absolute Gasteiger partial charge is 0.497 e. The molecular formula is C24H25N3O5. The molecule has 0 N–H and O–H groups in total. The predicted molar refractivity (Wildman–Crippen MR) is 117 cm³/mol. The van der Waals surface area contributed by atoms with E-state index in [-0.39, 0.29) is 36.6 Å². The highest BCUT2D eigenvalue weighted by Crippen LogP contribution is 2.23. The van der Waals surface area contributed by atoms with Crippen LogP contribution >= 0.6 is 0 Å². The monoisotopic (exact) mass is 435 g/mol. The van der Waals surface area contributed by atoms with E-state index in [0.29, 0.717) is 55.0 Å². The summed E-state index contributed by atoms with van der Waals surface area (Å²) in [5.74, 6) is -0.0927.